The van der Waals surface area contributed by atoms with Crippen molar-refractivity contribution in [1.82, 2.24) is 9.78 Å². The molecule has 21 heavy (non-hydrogen) atoms. The molecule has 6 nitrogen and oxygen atoms in total. The van der Waals surface area contributed by atoms with Crippen LogP contribution in [0.5, 0.6) is 0 Å². The minimum absolute atomic E-state index is 0.307. The van der Waals surface area contributed by atoms with Gasteiger partial charge in [-0.2, -0.15) is 5.10 Å². The van der Waals surface area contributed by atoms with E-state index in [1.807, 2.05) is 0 Å². The molecule has 0 atom stereocenters. The van der Waals surface area contributed by atoms with Crippen molar-refractivity contribution in [3.8, 4) is 0 Å². The average Bonchev–Trinajstić information content (AvgIpc) is 2.68. The summed E-state index contributed by atoms with van der Waals surface area (Å²) in [5, 5.41) is 8.08. The van der Waals surface area contributed by atoms with Crippen LogP contribution < -0.4 is 10.0 Å². The van der Waals surface area contributed by atoms with Crippen molar-refractivity contribution in [3.05, 3.63) is 40.1 Å². The van der Waals surface area contributed by atoms with Gasteiger partial charge < -0.3 is 5.32 Å². The standard InChI is InChI=1S/C12H14Cl2N4O2S/c1-18-12(10(14)6-16-18)7-15-8-3-4-11(9(13)5-8)17-21(2,19)20/h3-6,15,17H,7H2,1-2H3. The van der Waals surface area contributed by atoms with Gasteiger partial charge in [-0.05, 0) is 18.2 Å². The minimum atomic E-state index is -3.36. The van der Waals surface area contributed by atoms with Gasteiger partial charge >= 0.3 is 0 Å². The van der Waals surface area contributed by atoms with Gasteiger partial charge in [0, 0.05) is 12.7 Å². The molecule has 0 saturated heterocycles. The van der Waals surface area contributed by atoms with Crippen molar-refractivity contribution >= 4 is 44.6 Å². The highest BCUT2D eigenvalue weighted by Gasteiger charge is 2.09. The van der Waals surface area contributed by atoms with Crippen LogP contribution in [0.15, 0.2) is 24.4 Å². The Morgan fingerprint density at radius 2 is 2.00 bits per heavy atom. The highest BCUT2D eigenvalue weighted by Crippen LogP contribution is 2.26. The molecule has 0 spiro atoms. The number of benzene rings is 1. The number of hydrogen-bond acceptors (Lipinski definition) is 4. The second kappa shape index (κ2) is 6.13. The molecule has 0 aliphatic rings. The molecule has 0 amide bonds. The van der Waals surface area contributed by atoms with Crippen LogP contribution in [0.2, 0.25) is 10.0 Å². The van der Waals surface area contributed by atoms with E-state index in [9.17, 15) is 8.42 Å². The molecule has 0 fully saturated rings. The fourth-order valence-corrected chi connectivity index (χ4v) is 2.82. The van der Waals surface area contributed by atoms with E-state index >= 15 is 0 Å². The highest BCUT2D eigenvalue weighted by molar-refractivity contribution is 7.92. The maximum absolute atomic E-state index is 11.2. The van der Waals surface area contributed by atoms with Crippen LogP contribution in [0.4, 0.5) is 11.4 Å². The summed E-state index contributed by atoms with van der Waals surface area (Å²) in [6.45, 7) is 0.477. The molecule has 114 valence electrons. The third-order valence-electron chi connectivity index (χ3n) is 2.73. The van der Waals surface area contributed by atoms with Gasteiger partial charge in [0.05, 0.1) is 40.4 Å². The van der Waals surface area contributed by atoms with E-state index < -0.39 is 10.0 Å². The molecule has 2 aromatic rings. The summed E-state index contributed by atoms with van der Waals surface area (Å²) in [6, 6.07) is 4.96. The maximum atomic E-state index is 11.2. The smallest absolute Gasteiger partial charge is 0.229 e. The molecule has 0 bridgehead atoms. The van der Waals surface area contributed by atoms with Crippen LogP contribution in [0, 0.1) is 0 Å². The van der Waals surface area contributed by atoms with Crippen LogP contribution in [0.25, 0.3) is 0 Å². The van der Waals surface area contributed by atoms with Crippen LogP contribution in [0.1, 0.15) is 5.69 Å². The Morgan fingerprint density at radius 3 is 2.52 bits per heavy atom. The maximum Gasteiger partial charge on any atom is 0.229 e. The lowest BCUT2D eigenvalue weighted by Crippen LogP contribution is -2.10. The van der Waals surface area contributed by atoms with E-state index in [2.05, 4.69) is 15.1 Å². The van der Waals surface area contributed by atoms with Crippen molar-refractivity contribution in [2.45, 2.75) is 6.54 Å². The number of aromatic nitrogens is 2. The van der Waals surface area contributed by atoms with Gasteiger partial charge in [-0.1, -0.05) is 23.2 Å². The van der Waals surface area contributed by atoms with Gasteiger partial charge in [0.25, 0.3) is 0 Å². The van der Waals surface area contributed by atoms with Crippen LogP contribution in [0.3, 0.4) is 0 Å². The third-order valence-corrected chi connectivity index (χ3v) is 3.95. The van der Waals surface area contributed by atoms with Gasteiger partial charge in [-0.15, -0.1) is 0 Å². The lowest BCUT2D eigenvalue weighted by atomic mass is 10.3. The summed E-state index contributed by atoms with van der Waals surface area (Å²) in [7, 11) is -1.55. The van der Waals surface area contributed by atoms with Gasteiger partial charge in [-0.3, -0.25) is 9.40 Å². The number of anilines is 2. The number of nitrogens with zero attached hydrogens (tertiary/aromatic N) is 2. The van der Waals surface area contributed by atoms with Crippen molar-refractivity contribution < 1.29 is 8.42 Å². The van der Waals surface area contributed by atoms with Crippen LogP contribution >= 0.6 is 23.2 Å². The molecule has 2 rings (SSSR count). The molecule has 0 radical (unpaired) electrons. The molecule has 1 aromatic carbocycles. The normalized spacial score (nSPS) is 11.4. The number of rotatable bonds is 5. The molecular weight excluding hydrogens is 335 g/mol. The fourth-order valence-electron chi connectivity index (χ4n) is 1.73. The van der Waals surface area contributed by atoms with E-state index in [4.69, 9.17) is 23.2 Å². The Morgan fingerprint density at radius 1 is 1.29 bits per heavy atom. The van der Waals surface area contributed by atoms with Crippen molar-refractivity contribution in [1.29, 1.82) is 0 Å². The molecule has 9 heteroatoms. The zero-order valence-electron chi connectivity index (χ0n) is 11.4. The largest absolute Gasteiger partial charge is 0.379 e. The van der Waals surface area contributed by atoms with Gasteiger partial charge in [0.15, 0.2) is 0 Å². The van der Waals surface area contributed by atoms with E-state index in [1.165, 1.54) is 0 Å². The summed E-state index contributed by atoms with van der Waals surface area (Å²) in [5.41, 5.74) is 1.92. The first kappa shape index (κ1) is 15.9. The summed E-state index contributed by atoms with van der Waals surface area (Å²) in [5.74, 6) is 0. The molecule has 0 saturated carbocycles. The Bertz CT molecular complexity index is 739. The first-order valence-electron chi connectivity index (χ1n) is 5.94. The molecule has 2 N–H and O–H groups in total. The van der Waals surface area contributed by atoms with Gasteiger partial charge in [0.1, 0.15) is 0 Å². The predicted octanol–water partition coefficient (Wildman–Crippen LogP) is 2.71. The second-order valence-electron chi connectivity index (χ2n) is 4.49. The molecule has 1 aromatic heterocycles. The van der Waals surface area contributed by atoms with Gasteiger partial charge in [-0.25, -0.2) is 8.42 Å². The van der Waals surface area contributed by atoms with E-state index in [0.29, 0.717) is 22.3 Å². The van der Waals surface area contributed by atoms with Crippen molar-refractivity contribution in [2.24, 2.45) is 7.05 Å². The number of halogens is 2. The molecular formula is C12H14Cl2N4O2S. The predicted molar refractivity (Wildman–Crippen MR) is 85.5 cm³/mol. The van der Waals surface area contributed by atoms with Crippen molar-refractivity contribution in [2.75, 3.05) is 16.3 Å². The Hall–Kier alpha value is -1.44. The SMILES string of the molecule is Cn1ncc(Cl)c1CNc1ccc(NS(C)(=O)=O)c(Cl)c1. The Kier molecular flexibility index (Phi) is 4.65. The first-order chi connectivity index (χ1) is 9.76. The minimum Gasteiger partial charge on any atom is -0.379 e. The number of nitrogens with one attached hydrogen (secondary N) is 2. The number of hydrogen-bond donors (Lipinski definition) is 2. The summed E-state index contributed by atoms with van der Waals surface area (Å²) in [6.07, 6.45) is 2.64. The summed E-state index contributed by atoms with van der Waals surface area (Å²) in [4.78, 5) is 0. The van der Waals surface area contributed by atoms with Crippen molar-refractivity contribution in [3.63, 3.8) is 0 Å². The lowest BCUT2D eigenvalue weighted by molar-refractivity contribution is 0.607. The molecule has 0 aliphatic carbocycles. The second-order valence-corrected chi connectivity index (χ2v) is 7.05. The zero-order chi connectivity index (χ0) is 15.6. The first-order valence-corrected chi connectivity index (χ1v) is 8.58. The molecule has 0 unspecified atom stereocenters. The lowest BCUT2D eigenvalue weighted by Gasteiger charge is -2.11. The number of sulfonamides is 1. The summed E-state index contributed by atoms with van der Waals surface area (Å²) >= 11 is 12.1. The fraction of sp³-hybridized carbons (Fsp3) is 0.250. The van der Waals surface area contributed by atoms with E-state index in [1.54, 1.807) is 36.1 Å². The molecule has 0 aliphatic heterocycles. The van der Waals surface area contributed by atoms with Crippen LogP contribution in [-0.2, 0) is 23.6 Å². The average molecular weight is 349 g/mol. The Balaban J connectivity index is 2.10. The van der Waals surface area contributed by atoms with E-state index in [0.717, 1.165) is 17.6 Å². The molecule has 1 heterocycles. The topological polar surface area (TPSA) is 76.0 Å². The highest BCUT2D eigenvalue weighted by atomic mass is 35.5. The third kappa shape index (κ3) is 4.26. The van der Waals surface area contributed by atoms with E-state index in [-0.39, 0.29) is 0 Å². The quantitative estimate of drug-likeness (QED) is 0.870. The van der Waals surface area contributed by atoms with Crippen LogP contribution in [-0.4, -0.2) is 24.5 Å². The zero-order valence-corrected chi connectivity index (χ0v) is 13.7. The Labute approximate surface area is 133 Å². The van der Waals surface area contributed by atoms with Gasteiger partial charge in [0.2, 0.25) is 10.0 Å². The summed E-state index contributed by atoms with van der Waals surface area (Å²) < 4.78 is 26.4. The monoisotopic (exact) mass is 348 g/mol. The number of aryl methyl sites for hydroxylation is 1.